The van der Waals surface area contributed by atoms with Gasteiger partial charge in [0.15, 0.2) is 0 Å². The van der Waals surface area contributed by atoms with Crippen LogP contribution in [-0.2, 0) is 0 Å². The summed E-state index contributed by atoms with van der Waals surface area (Å²) in [4.78, 5) is 13.5. The largest absolute Gasteiger partial charge is 0.491 e. The zero-order valence-corrected chi connectivity index (χ0v) is 17.4. The standard InChI is InChI=1S/C19H30BrNO3/c1-13(2)11-19(7,21(17(22)23)18(4,5)6)12-24-16-9-8-15(20)10-14(16)3/h8-10,13H,11-12H2,1-7H3,(H,22,23)/t19-/m0/s1. The molecular formula is C19H30BrNO3. The van der Waals surface area contributed by atoms with E-state index in [4.69, 9.17) is 4.74 Å². The molecule has 0 aliphatic heterocycles. The Morgan fingerprint density at radius 3 is 2.29 bits per heavy atom. The van der Waals surface area contributed by atoms with Crippen LogP contribution in [0, 0.1) is 12.8 Å². The lowest BCUT2D eigenvalue weighted by atomic mass is 9.86. The number of amides is 1. The molecule has 1 amide bonds. The SMILES string of the molecule is Cc1cc(Br)ccc1OC[C@](C)(CC(C)C)N(C(=O)O)C(C)(C)C. The summed E-state index contributed by atoms with van der Waals surface area (Å²) < 4.78 is 7.06. The Kier molecular flexibility index (Phi) is 6.74. The van der Waals surface area contributed by atoms with Gasteiger partial charge in [0, 0.05) is 10.0 Å². The number of carbonyl (C=O) groups is 1. The van der Waals surface area contributed by atoms with Crippen LogP contribution >= 0.6 is 15.9 Å². The van der Waals surface area contributed by atoms with E-state index in [2.05, 4.69) is 29.8 Å². The summed E-state index contributed by atoms with van der Waals surface area (Å²) >= 11 is 3.45. The van der Waals surface area contributed by atoms with Crippen molar-refractivity contribution in [1.82, 2.24) is 4.90 Å². The summed E-state index contributed by atoms with van der Waals surface area (Å²) in [5.74, 6) is 1.14. The molecule has 0 fully saturated rings. The molecule has 0 saturated carbocycles. The van der Waals surface area contributed by atoms with Crippen molar-refractivity contribution in [2.45, 2.75) is 66.0 Å². The number of rotatable bonds is 6. The molecule has 136 valence electrons. The summed E-state index contributed by atoms with van der Waals surface area (Å²) in [6.45, 7) is 14.2. The van der Waals surface area contributed by atoms with Crippen LogP contribution in [-0.4, -0.2) is 33.8 Å². The van der Waals surface area contributed by atoms with E-state index >= 15 is 0 Å². The molecular weight excluding hydrogens is 370 g/mol. The number of hydrogen-bond donors (Lipinski definition) is 1. The molecule has 1 atom stereocenters. The number of carboxylic acid groups (broad SMARTS) is 1. The minimum Gasteiger partial charge on any atom is -0.491 e. The molecule has 0 unspecified atom stereocenters. The number of halogens is 1. The van der Waals surface area contributed by atoms with Gasteiger partial charge in [-0.2, -0.15) is 0 Å². The molecule has 0 saturated heterocycles. The summed E-state index contributed by atoms with van der Waals surface area (Å²) in [6, 6.07) is 5.84. The van der Waals surface area contributed by atoms with Gasteiger partial charge in [-0.05, 0) is 70.7 Å². The Hall–Kier alpha value is -1.23. The van der Waals surface area contributed by atoms with Crippen molar-refractivity contribution in [3.8, 4) is 5.75 Å². The Bertz CT molecular complexity index is 580. The lowest BCUT2D eigenvalue weighted by Crippen LogP contribution is -2.61. The highest BCUT2D eigenvalue weighted by molar-refractivity contribution is 9.10. The highest BCUT2D eigenvalue weighted by Gasteiger charge is 2.43. The van der Waals surface area contributed by atoms with E-state index in [-0.39, 0.29) is 0 Å². The third-order valence-electron chi connectivity index (χ3n) is 3.93. The molecule has 4 nitrogen and oxygen atoms in total. The number of ether oxygens (including phenoxy) is 1. The molecule has 0 bridgehead atoms. The van der Waals surface area contributed by atoms with Gasteiger partial charge in [-0.15, -0.1) is 0 Å². The van der Waals surface area contributed by atoms with Gasteiger partial charge in [0.2, 0.25) is 0 Å². The van der Waals surface area contributed by atoms with Crippen LogP contribution in [0.4, 0.5) is 4.79 Å². The second kappa shape index (κ2) is 7.77. The number of aryl methyl sites for hydroxylation is 1. The van der Waals surface area contributed by atoms with E-state index < -0.39 is 17.2 Å². The fraction of sp³-hybridized carbons (Fsp3) is 0.632. The van der Waals surface area contributed by atoms with Crippen molar-refractivity contribution in [3.63, 3.8) is 0 Å². The average Bonchev–Trinajstić information content (AvgIpc) is 2.33. The second-order valence-corrected chi connectivity index (χ2v) is 9.00. The Morgan fingerprint density at radius 2 is 1.88 bits per heavy atom. The molecule has 0 aromatic heterocycles. The van der Waals surface area contributed by atoms with E-state index in [1.165, 1.54) is 4.90 Å². The van der Waals surface area contributed by atoms with Gasteiger partial charge in [-0.1, -0.05) is 29.8 Å². The molecule has 0 aliphatic rings. The predicted molar refractivity (Wildman–Crippen MR) is 102 cm³/mol. The van der Waals surface area contributed by atoms with E-state index in [1.54, 1.807) is 0 Å². The monoisotopic (exact) mass is 399 g/mol. The van der Waals surface area contributed by atoms with Crippen molar-refractivity contribution < 1.29 is 14.6 Å². The van der Waals surface area contributed by atoms with Gasteiger partial charge in [-0.25, -0.2) is 4.79 Å². The topological polar surface area (TPSA) is 49.8 Å². The van der Waals surface area contributed by atoms with E-state index in [1.807, 2.05) is 52.8 Å². The van der Waals surface area contributed by atoms with Crippen molar-refractivity contribution >= 4 is 22.0 Å². The van der Waals surface area contributed by atoms with Crippen LogP contribution in [0.5, 0.6) is 5.75 Å². The van der Waals surface area contributed by atoms with Gasteiger partial charge in [0.25, 0.3) is 0 Å². The molecule has 24 heavy (non-hydrogen) atoms. The molecule has 1 aromatic carbocycles. The average molecular weight is 400 g/mol. The smallest absolute Gasteiger partial charge is 0.408 e. The first-order valence-electron chi connectivity index (χ1n) is 8.29. The fourth-order valence-electron chi connectivity index (χ4n) is 3.43. The van der Waals surface area contributed by atoms with Crippen LogP contribution in [0.25, 0.3) is 0 Å². The third-order valence-corrected chi connectivity index (χ3v) is 4.42. The molecule has 1 N–H and O–H groups in total. The Labute approximate surface area is 154 Å². The van der Waals surface area contributed by atoms with Crippen molar-refractivity contribution in [1.29, 1.82) is 0 Å². The van der Waals surface area contributed by atoms with Gasteiger partial charge >= 0.3 is 6.09 Å². The van der Waals surface area contributed by atoms with Crippen molar-refractivity contribution in [2.75, 3.05) is 6.61 Å². The summed E-state index contributed by atoms with van der Waals surface area (Å²) in [5.41, 5.74) is -0.0976. The molecule has 0 spiro atoms. The lowest BCUT2D eigenvalue weighted by Gasteiger charge is -2.47. The summed E-state index contributed by atoms with van der Waals surface area (Å²) in [5, 5.41) is 9.81. The molecule has 0 radical (unpaired) electrons. The maximum Gasteiger partial charge on any atom is 0.408 e. The molecule has 5 heteroatoms. The van der Waals surface area contributed by atoms with Crippen molar-refractivity contribution in [2.24, 2.45) is 5.92 Å². The zero-order chi connectivity index (χ0) is 18.7. The normalized spacial score (nSPS) is 14.4. The predicted octanol–water partition coefficient (Wildman–Crippen LogP) is 5.72. The first-order valence-corrected chi connectivity index (χ1v) is 9.08. The number of nitrogens with zero attached hydrogens (tertiary/aromatic N) is 1. The first kappa shape index (κ1) is 20.8. The van der Waals surface area contributed by atoms with Gasteiger partial charge in [-0.3, -0.25) is 4.90 Å². The van der Waals surface area contributed by atoms with Gasteiger partial charge in [0.1, 0.15) is 12.4 Å². The Balaban J connectivity index is 3.13. The highest BCUT2D eigenvalue weighted by Crippen LogP contribution is 2.33. The molecule has 1 aromatic rings. The third kappa shape index (κ3) is 5.40. The van der Waals surface area contributed by atoms with Crippen molar-refractivity contribution in [3.05, 3.63) is 28.2 Å². The molecule has 0 aliphatic carbocycles. The quantitative estimate of drug-likeness (QED) is 0.665. The van der Waals surface area contributed by atoms with Crippen LogP contribution in [0.3, 0.4) is 0 Å². The summed E-state index contributed by atoms with van der Waals surface area (Å²) in [7, 11) is 0. The van der Waals surface area contributed by atoms with Crippen LogP contribution in [0.15, 0.2) is 22.7 Å². The Morgan fingerprint density at radius 1 is 1.29 bits per heavy atom. The van der Waals surface area contributed by atoms with Crippen LogP contribution < -0.4 is 4.74 Å². The second-order valence-electron chi connectivity index (χ2n) is 8.08. The highest BCUT2D eigenvalue weighted by atomic mass is 79.9. The molecule has 0 heterocycles. The van der Waals surface area contributed by atoms with E-state index in [9.17, 15) is 9.90 Å². The number of benzene rings is 1. The van der Waals surface area contributed by atoms with Gasteiger partial charge in [0.05, 0.1) is 5.54 Å². The fourth-order valence-corrected chi connectivity index (χ4v) is 3.91. The van der Waals surface area contributed by atoms with Gasteiger partial charge < -0.3 is 9.84 Å². The lowest BCUT2D eigenvalue weighted by molar-refractivity contribution is -0.0109. The van der Waals surface area contributed by atoms with Crippen LogP contribution in [0.2, 0.25) is 0 Å². The number of hydrogen-bond acceptors (Lipinski definition) is 2. The van der Waals surface area contributed by atoms with Crippen LogP contribution in [0.1, 0.15) is 53.5 Å². The zero-order valence-electron chi connectivity index (χ0n) is 15.8. The first-order chi connectivity index (χ1) is 10.9. The summed E-state index contributed by atoms with van der Waals surface area (Å²) in [6.07, 6.45) is -0.187. The minimum absolute atomic E-state index is 0.317. The van der Waals surface area contributed by atoms with E-state index in [0.717, 1.165) is 22.2 Å². The van der Waals surface area contributed by atoms with E-state index in [0.29, 0.717) is 12.5 Å². The maximum atomic E-state index is 12.0. The molecule has 1 rings (SSSR count). The minimum atomic E-state index is -0.915. The maximum absolute atomic E-state index is 12.0.